The van der Waals surface area contributed by atoms with Crippen LogP contribution in [0.2, 0.25) is 0 Å². The molecule has 2 rings (SSSR count). The molecule has 0 spiro atoms. The van der Waals surface area contributed by atoms with Gasteiger partial charge in [-0.15, -0.1) is 10.2 Å². The van der Waals surface area contributed by atoms with Crippen molar-refractivity contribution in [3.63, 3.8) is 0 Å². The number of benzene rings is 1. The van der Waals surface area contributed by atoms with Gasteiger partial charge in [-0.25, -0.2) is 0 Å². The van der Waals surface area contributed by atoms with Gasteiger partial charge in [-0.05, 0) is 12.0 Å². The molecule has 1 heterocycles. The Bertz CT molecular complexity index is 451. The van der Waals surface area contributed by atoms with E-state index in [2.05, 4.69) is 55.0 Å². The first kappa shape index (κ1) is 11.3. The molecule has 0 unspecified atom stereocenters. The van der Waals surface area contributed by atoms with E-state index in [0.29, 0.717) is 0 Å². The van der Waals surface area contributed by atoms with Crippen molar-refractivity contribution in [2.45, 2.75) is 18.2 Å². The molecule has 0 aliphatic carbocycles. The van der Waals surface area contributed by atoms with Crippen molar-refractivity contribution < 1.29 is 0 Å². The average molecular weight is 280 g/mol. The van der Waals surface area contributed by atoms with Crippen LogP contribution >= 0.6 is 15.9 Å². The van der Waals surface area contributed by atoms with Crippen molar-refractivity contribution in [3.8, 4) is 0 Å². The number of rotatable bonds is 4. The molecule has 84 valence electrons. The Labute approximate surface area is 104 Å². The normalized spacial score (nSPS) is 10.6. The SMILES string of the molecule is Cn1c(CBr)nnc1CCc1ccccc1. The van der Waals surface area contributed by atoms with E-state index in [4.69, 9.17) is 0 Å². The lowest BCUT2D eigenvalue weighted by Crippen LogP contribution is -2.02. The molecular formula is C12H14BrN3. The Kier molecular flexibility index (Phi) is 3.72. The monoisotopic (exact) mass is 279 g/mol. The summed E-state index contributed by atoms with van der Waals surface area (Å²) in [6.07, 6.45) is 1.94. The largest absolute Gasteiger partial charge is 0.317 e. The van der Waals surface area contributed by atoms with Crippen molar-refractivity contribution in [2.24, 2.45) is 7.05 Å². The van der Waals surface area contributed by atoms with Crippen LogP contribution in [0.15, 0.2) is 30.3 Å². The summed E-state index contributed by atoms with van der Waals surface area (Å²) in [6.45, 7) is 0. The zero-order valence-corrected chi connectivity index (χ0v) is 10.8. The lowest BCUT2D eigenvalue weighted by Gasteiger charge is -2.02. The van der Waals surface area contributed by atoms with E-state index < -0.39 is 0 Å². The van der Waals surface area contributed by atoms with Crippen LogP contribution in [-0.2, 0) is 25.2 Å². The highest BCUT2D eigenvalue weighted by Crippen LogP contribution is 2.08. The van der Waals surface area contributed by atoms with Gasteiger partial charge in [0.1, 0.15) is 11.6 Å². The number of halogens is 1. The van der Waals surface area contributed by atoms with E-state index in [0.717, 1.165) is 29.8 Å². The van der Waals surface area contributed by atoms with Crippen molar-refractivity contribution in [2.75, 3.05) is 0 Å². The lowest BCUT2D eigenvalue weighted by atomic mass is 10.1. The second-order valence-corrected chi connectivity index (χ2v) is 4.27. The molecule has 0 aliphatic heterocycles. The molecule has 16 heavy (non-hydrogen) atoms. The lowest BCUT2D eigenvalue weighted by molar-refractivity contribution is 0.753. The maximum atomic E-state index is 4.18. The molecule has 2 aromatic rings. The topological polar surface area (TPSA) is 30.7 Å². The summed E-state index contributed by atoms with van der Waals surface area (Å²) in [5, 5.41) is 9.05. The maximum absolute atomic E-state index is 4.18. The van der Waals surface area contributed by atoms with Crippen molar-refractivity contribution in [1.82, 2.24) is 14.8 Å². The fourth-order valence-electron chi connectivity index (χ4n) is 1.63. The summed E-state index contributed by atoms with van der Waals surface area (Å²) in [6, 6.07) is 10.4. The minimum Gasteiger partial charge on any atom is -0.317 e. The summed E-state index contributed by atoms with van der Waals surface area (Å²) in [4.78, 5) is 0. The van der Waals surface area contributed by atoms with Gasteiger partial charge in [0.15, 0.2) is 0 Å². The first-order valence-corrected chi connectivity index (χ1v) is 6.40. The van der Waals surface area contributed by atoms with E-state index in [9.17, 15) is 0 Å². The van der Waals surface area contributed by atoms with E-state index >= 15 is 0 Å². The third kappa shape index (κ3) is 2.50. The first-order valence-electron chi connectivity index (χ1n) is 5.28. The van der Waals surface area contributed by atoms with E-state index in [1.807, 2.05) is 13.1 Å². The molecule has 3 nitrogen and oxygen atoms in total. The molecule has 4 heteroatoms. The average Bonchev–Trinajstić information content (AvgIpc) is 2.69. The van der Waals surface area contributed by atoms with Crippen LogP contribution < -0.4 is 0 Å². The quantitative estimate of drug-likeness (QED) is 0.806. The highest BCUT2D eigenvalue weighted by molar-refractivity contribution is 9.08. The van der Waals surface area contributed by atoms with E-state index in [-0.39, 0.29) is 0 Å². The van der Waals surface area contributed by atoms with E-state index in [1.54, 1.807) is 0 Å². The molecule has 0 radical (unpaired) electrons. The summed E-state index contributed by atoms with van der Waals surface area (Å²) < 4.78 is 2.05. The van der Waals surface area contributed by atoms with Crippen LogP contribution in [-0.4, -0.2) is 14.8 Å². The van der Waals surface area contributed by atoms with Crippen LogP contribution in [0, 0.1) is 0 Å². The molecular weight excluding hydrogens is 266 g/mol. The highest BCUT2D eigenvalue weighted by atomic mass is 79.9. The second kappa shape index (κ2) is 5.25. The molecule has 1 aromatic carbocycles. The third-order valence-electron chi connectivity index (χ3n) is 2.65. The smallest absolute Gasteiger partial charge is 0.143 e. The van der Waals surface area contributed by atoms with Crippen molar-refractivity contribution in [3.05, 3.63) is 47.5 Å². The van der Waals surface area contributed by atoms with Crippen LogP contribution in [0.1, 0.15) is 17.2 Å². The Balaban J connectivity index is 2.02. The molecule has 1 aromatic heterocycles. The van der Waals surface area contributed by atoms with Gasteiger partial charge < -0.3 is 4.57 Å². The summed E-state index contributed by atoms with van der Waals surface area (Å²) in [5.41, 5.74) is 1.34. The summed E-state index contributed by atoms with van der Waals surface area (Å²) in [5.74, 6) is 2.02. The molecule has 0 aliphatic rings. The predicted molar refractivity (Wildman–Crippen MR) is 67.5 cm³/mol. The van der Waals surface area contributed by atoms with Crippen molar-refractivity contribution in [1.29, 1.82) is 0 Å². The van der Waals surface area contributed by atoms with Gasteiger partial charge in [0.25, 0.3) is 0 Å². The number of alkyl halides is 1. The Morgan fingerprint density at radius 2 is 1.75 bits per heavy atom. The minimum absolute atomic E-state index is 0.752. The number of aromatic nitrogens is 3. The van der Waals surface area contributed by atoms with Gasteiger partial charge in [-0.3, -0.25) is 0 Å². The van der Waals surface area contributed by atoms with Crippen LogP contribution in [0.25, 0.3) is 0 Å². The number of hydrogen-bond acceptors (Lipinski definition) is 2. The minimum atomic E-state index is 0.752. The van der Waals surface area contributed by atoms with Gasteiger partial charge in [0, 0.05) is 13.5 Å². The van der Waals surface area contributed by atoms with Crippen LogP contribution in [0.3, 0.4) is 0 Å². The number of hydrogen-bond donors (Lipinski definition) is 0. The molecule has 0 saturated carbocycles. The summed E-state index contributed by atoms with van der Waals surface area (Å²) in [7, 11) is 2.01. The molecule has 0 bridgehead atoms. The maximum Gasteiger partial charge on any atom is 0.143 e. The zero-order valence-electron chi connectivity index (χ0n) is 9.23. The molecule has 0 N–H and O–H groups in total. The fraction of sp³-hybridized carbons (Fsp3) is 0.333. The van der Waals surface area contributed by atoms with Gasteiger partial charge in [0.2, 0.25) is 0 Å². The van der Waals surface area contributed by atoms with E-state index in [1.165, 1.54) is 5.56 Å². The Morgan fingerprint density at radius 1 is 1.06 bits per heavy atom. The Hall–Kier alpha value is -1.16. The van der Waals surface area contributed by atoms with Gasteiger partial charge in [-0.1, -0.05) is 46.3 Å². The fourth-order valence-corrected chi connectivity index (χ4v) is 2.12. The van der Waals surface area contributed by atoms with Crippen molar-refractivity contribution >= 4 is 15.9 Å². The number of nitrogens with zero attached hydrogens (tertiary/aromatic N) is 3. The number of aryl methyl sites for hydroxylation is 2. The Morgan fingerprint density at radius 3 is 2.38 bits per heavy atom. The zero-order chi connectivity index (χ0) is 11.4. The molecule has 0 saturated heterocycles. The molecule has 0 fully saturated rings. The van der Waals surface area contributed by atoms with Gasteiger partial charge in [-0.2, -0.15) is 0 Å². The van der Waals surface area contributed by atoms with Crippen LogP contribution in [0.5, 0.6) is 0 Å². The third-order valence-corrected chi connectivity index (χ3v) is 3.16. The van der Waals surface area contributed by atoms with Gasteiger partial charge in [0.05, 0.1) is 5.33 Å². The standard InChI is InChI=1S/C12H14BrN3/c1-16-11(14-15-12(16)9-13)8-7-10-5-3-2-4-6-10/h2-6H,7-9H2,1H3. The first-order chi connectivity index (χ1) is 7.81. The van der Waals surface area contributed by atoms with Gasteiger partial charge >= 0.3 is 0 Å². The summed E-state index contributed by atoms with van der Waals surface area (Å²) >= 11 is 3.39. The predicted octanol–water partition coefficient (Wildman–Crippen LogP) is 2.50. The highest BCUT2D eigenvalue weighted by Gasteiger charge is 2.06. The second-order valence-electron chi connectivity index (χ2n) is 3.71. The van der Waals surface area contributed by atoms with Crippen LogP contribution in [0.4, 0.5) is 0 Å². The molecule has 0 amide bonds. The molecule has 0 atom stereocenters.